The van der Waals surface area contributed by atoms with E-state index in [-0.39, 0.29) is 0 Å². The van der Waals surface area contributed by atoms with Gasteiger partial charge in [0.25, 0.3) is 0 Å². The Bertz CT molecular complexity index is 422. The highest BCUT2D eigenvalue weighted by atomic mass is 15.2. The summed E-state index contributed by atoms with van der Waals surface area (Å²) in [7, 11) is 0. The van der Waals surface area contributed by atoms with Crippen LogP contribution in [0.4, 0.5) is 5.82 Å². The highest BCUT2D eigenvalue weighted by molar-refractivity contribution is 5.49. The van der Waals surface area contributed by atoms with E-state index in [1.165, 1.54) is 24.1 Å². The van der Waals surface area contributed by atoms with Crippen molar-refractivity contribution < 1.29 is 0 Å². The molecule has 0 radical (unpaired) electrons. The number of aryl methyl sites for hydroxylation is 2. The molecule has 2 N–H and O–H groups in total. The van der Waals surface area contributed by atoms with Crippen molar-refractivity contribution in [3.8, 4) is 0 Å². The number of nitrogens with zero attached hydrogens (tertiary/aromatic N) is 3. The zero-order chi connectivity index (χ0) is 13.8. The van der Waals surface area contributed by atoms with Crippen LogP contribution in [0.2, 0.25) is 0 Å². The molecule has 0 spiro atoms. The maximum absolute atomic E-state index is 5.76. The molecule has 4 nitrogen and oxygen atoms in total. The molecule has 0 bridgehead atoms. The maximum Gasteiger partial charge on any atom is 0.135 e. The molecular weight excluding hydrogens is 236 g/mol. The minimum atomic E-state index is 0.690. The van der Waals surface area contributed by atoms with Gasteiger partial charge in [-0.25, -0.2) is 9.97 Å². The lowest BCUT2D eigenvalue weighted by molar-refractivity contribution is 0.412. The minimum Gasteiger partial charge on any atom is -0.356 e. The van der Waals surface area contributed by atoms with Crippen LogP contribution in [0.3, 0.4) is 0 Å². The van der Waals surface area contributed by atoms with Crippen molar-refractivity contribution in [3.05, 3.63) is 17.1 Å². The number of anilines is 1. The molecule has 0 aliphatic carbocycles. The molecule has 1 aliphatic heterocycles. The van der Waals surface area contributed by atoms with Crippen molar-refractivity contribution in [1.29, 1.82) is 0 Å². The molecule has 2 heterocycles. The minimum absolute atomic E-state index is 0.690. The average molecular weight is 262 g/mol. The molecule has 0 atom stereocenters. The molecule has 1 aromatic heterocycles. The maximum atomic E-state index is 5.76. The highest BCUT2D eigenvalue weighted by Crippen LogP contribution is 2.25. The van der Waals surface area contributed by atoms with Gasteiger partial charge in [-0.1, -0.05) is 13.8 Å². The molecule has 19 heavy (non-hydrogen) atoms. The Hall–Kier alpha value is -1.16. The van der Waals surface area contributed by atoms with E-state index in [2.05, 4.69) is 30.7 Å². The van der Waals surface area contributed by atoms with Crippen molar-refractivity contribution in [3.63, 3.8) is 0 Å². The first-order chi connectivity index (χ1) is 9.19. The number of piperidine rings is 1. The van der Waals surface area contributed by atoms with Crippen LogP contribution in [0.25, 0.3) is 0 Å². The molecule has 1 aliphatic rings. The predicted octanol–water partition coefficient (Wildman–Crippen LogP) is 2.08. The van der Waals surface area contributed by atoms with Crippen LogP contribution in [-0.2, 0) is 12.8 Å². The van der Waals surface area contributed by atoms with Gasteiger partial charge in [-0.05, 0) is 38.6 Å². The van der Waals surface area contributed by atoms with E-state index in [9.17, 15) is 0 Å². The Morgan fingerprint density at radius 1 is 1.16 bits per heavy atom. The fourth-order valence-electron chi connectivity index (χ4n) is 2.79. The molecule has 0 saturated carbocycles. The molecule has 0 amide bonds. The van der Waals surface area contributed by atoms with E-state index >= 15 is 0 Å². The van der Waals surface area contributed by atoms with Gasteiger partial charge in [-0.2, -0.15) is 0 Å². The molecule has 1 fully saturated rings. The monoisotopic (exact) mass is 262 g/mol. The Morgan fingerprint density at radius 2 is 1.84 bits per heavy atom. The fourth-order valence-corrected chi connectivity index (χ4v) is 2.79. The van der Waals surface area contributed by atoms with E-state index in [0.717, 1.165) is 44.1 Å². The average Bonchev–Trinajstić information content (AvgIpc) is 2.47. The van der Waals surface area contributed by atoms with E-state index in [1.54, 1.807) is 0 Å². The van der Waals surface area contributed by atoms with Crippen LogP contribution >= 0.6 is 0 Å². The van der Waals surface area contributed by atoms with E-state index in [0.29, 0.717) is 5.92 Å². The van der Waals surface area contributed by atoms with Gasteiger partial charge in [-0.15, -0.1) is 0 Å². The second-order valence-corrected chi connectivity index (χ2v) is 5.41. The lowest BCUT2D eigenvalue weighted by atomic mass is 9.97. The summed E-state index contributed by atoms with van der Waals surface area (Å²) in [4.78, 5) is 11.8. The molecule has 0 aromatic carbocycles. The summed E-state index contributed by atoms with van der Waals surface area (Å²) in [6.45, 7) is 9.41. The number of hydrogen-bond acceptors (Lipinski definition) is 4. The fraction of sp³-hybridized carbons (Fsp3) is 0.733. The normalized spacial score (nSPS) is 16.9. The first kappa shape index (κ1) is 14.3. The third kappa shape index (κ3) is 3.06. The van der Waals surface area contributed by atoms with Gasteiger partial charge in [0.05, 0.1) is 0 Å². The number of rotatable bonds is 4. The lowest BCUT2D eigenvalue weighted by Gasteiger charge is -2.33. The van der Waals surface area contributed by atoms with Crippen LogP contribution in [-0.4, -0.2) is 29.6 Å². The third-order valence-electron chi connectivity index (χ3n) is 4.17. The van der Waals surface area contributed by atoms with E-state index < -0.39 is 0 Å². The first-order valence-electron chi connectivity index (χ1n) is 7.50. The zero-order valence-corrected chi connectivity index (χ0v) is 12.4. The van der Waals surface area contributed by atoms with Crippen LogP contribution in [0.15, 0.2) is 0 Å². The lowest BCUT2D eigenvalue weighted by Crippen LogP contribution is -2.37. The van der Waals surface area contributed by atoms with Crippen molar-refractivity contribution in [2.45, 2.75) is 46.5 Å². The number of nitrogens with two attached hydrogens (primary N) is 1. The number of aromatic nitrogens is 2. The second-order valence-electron chi connectivity index (χ2n) is 5.41. The third-order valence-corrected chi connectivity index (χ3v) is 4.17. The summed E-state index contributed by atoms with van der Waals surface area (Å²) in [5, 5.41) is 0. The SMILES string of the molecule is CCc1nc(CC)c(C)c(N2CCC(CN)CC2)n1. The van der Waals surface area contributed by atoms with Crippen LogP contribution in [0.1, 0.15) is 43.8 Å². The summed E-state index contributed by atoms with van der Waals surface area (Å²) in [6, 6.07) is 0. The van der Waals surface area contributed by atoms with Crippen LogP contribution in [0.5, 0.6) is 0 Å². The smallest absolute Gasteiger partial charge is 0.135 e. The quantitative estimate of drug-likeness (QED) is 0.902. The van der Waals surface area contributed by atoms with Crippen molar-refractivity contribution in [1.82, 2.24) is 9.97 Å². The Morgan fingerprint density at radius 3 is 2.37 bits per heavy atom. The number of hydrogen-bond donors (Lipinski definition) is 1. The summed E-state index contributed by atoms with van der Waals surface area (Å²) < 4.78 is 0. The van der Waals surface area contributed by atoms with Gasteiger partial charge in [0, 0.05) is 30.8 Å². The second kappa shape index (κ2) is 6.33. The van der Waals surface area contributed by atoms with Gasteiger partial charge in [-0.3, -0.25) is 0 Å². The largest absolute Gasteiger partial charge is 0.356 e. The molecule has 106 valence electrons. The van der Waals surface area contributed by atoms with Crippen LogP contribution in [0, 0.1) is 12.8 Å². The predicted molar refractivity (Wildman–Crippen MR) is 79.5 cm³/mol. The Balaban J connectivity index is 2.24. The Labute approximate surface area is 116 Å². The zero-order valence-electron chi connectivity index (χ0n) is 12.4. The van der Waals surface area contributed by atoms with E-state index in [4.69, 9.17) is 10.7 Å². The van der Waals surface area contributed by atoms with Crippen molar-refractivity contribution in [2.75, 3.05) is 24.5 Å². The first-order valence-corrected chi connectivity index (χ1v) is 7.50. The molecule has 1 aromatic rings. The van der Waals surface area contributed by atoms with Crippen molar-refractivity contribution in [2.24, 2.45) is 11.7 Å². The van der Waals surface area contributed by atoms with Gasteiger partial charge in [0.1, 0.15) is 11.6 Å². The van der Waals surface area contributed by atoms with Crippen LogP contribution < -0.4 is 10.6 Å². The van der Waals surface area contributed by atoms with E-state index in [1.807, 2.05) is 0 Å². The molecule has 4 heteroatoms. The molecule has 1 saturated heterocycles. The van der Waals surface area contributed by atoms with Gasteiger partial charge < -0.3 is 10.6 Å². The summed E-state index contributed by atoms with van der Waals surface area (Å²) >= 11 is 0. The van der Waals surface area contributed by atoms with Gasteiger partial charge >= 0.3 is 0 Å². The molecule has 0 unspecified atom stereocenters. The summed E-state index contributed by atoms with van der Waals surface area (Å²) in [6.07, 6.45) is 4.25. The molecular formula is C15H26N4. The van der Waals surface area contributed by atoms with Gasteiger partial charge in [0.15, 0.2) is 0 Å². The standard InChI is InChI=1S/C15H26N4/c1-4-13-11(3)15(18-14(5-2)17-13)19-8-6-12(10-16)7-9-19/h12H,4-10,16H2,1-3H3. The topological polar surface area (TPSA) is 55.0 Å². The molecule has 2 rings (SSSR count). The Kier molecular flexibility index (Phi) is 4.75. The summed E-state index contributed by atoms with van der Waals surface area (Å²) in [5.41, 5.74) is 8.22. The van der Waals surface area contributed by atoms with Gasteiger partial charge in [0.2, 0.25) is 0 Å². The van der Waals surface area contributed by atoms with Crippen molar-refractivity contribution >= 4 is 5.82 Å². The highest BCUT2D eigenvalue weighted by Gasteiger charge is 2.21. The summed E-state index contributed by atoms with van der Waals surface area (Å²) in [5.74, 6) is 2.81.